The van der Waals surface area contributed by atoms with Crippen molar-refractivity contribution in [1.82, 2.24) is 0 Å². The van der Waals surface area contributed by atoms with E-state index in [2.05, 4.69) is 0 Å². The van der Waals surface area contributed by atoms with Crippen LogP contribution in [0.4, 0.5) is 0 Å². The van der Waals surface area contributed by atoms with Crippen molar-refractivity contribution in [2.24, 2.45) is 5.92 Å². The first-order valence-electron chi connectivity index (χ1n) is 6.08. The van der Waals surface area contributed by atoms with Gasteiger partial charge in [-0.05, 0) is 18.2 Å². The molecule has 4 nitrogen and oxygen atoms in total. The molecular weight excluding hydrogens is 232 g/mol. The molecule has 0 atom stereocenters. The normalized spacial score (nSPS) is 14.2. The Morgan fingerprint density at radius 3 is 2.44 bits per heavy atom. The highest BCUT2D eigenvalue weighted by molar-refractivity contribution is 6.44. The summed E-state index contributed by atoms with van der Waals surface area (Å²) in [5.41, 5.74) is 0.359. The highest BCUT2D eigenvalue weighted by atomic mass is 16.5. The number of carbonyl (C=O) groups excluding carboxylic acids is 2. The van der Waals surface area contributed by atoms with Gasteiger partial charge in [-0.3, -0.25) is 9.59 Å². The summed E-state index contributed by atoms with van der Waals surface area (Å²) in [4.78, 5) is 23.6. The van der Waals surface area contributed by atoms with Crippen molar-refractivity contribution < 1.29 is 19.1 Å². The van der Waals surface area contributed by atoms with Crippen molar-refractivity contribution in [2.75, 3.05) is 13.2 Å². The molecule has 0 aromatic heterocycles. The largest absolute Gasteiger partial charge is 0.490 e. The zero-order chi connectivity index (χ0) is 13.1. The average molecular weight is 248 g/mol. The second kappa shape index (κ2) is 5.21. The number of fused-ring (bicyclic) bond motifs is 1. The van der Waals surface area contributed by atoms with Crippen molar-refractivity contribution in [1.29, 1.82) is 0 Å². The van der Waals surface area contributed by atoms with Crippen LogP contribution in [0.1, 0.15) is 30.6 Å². The van der Waals surface area contributed by atoms with E-state index in [4.69, 9.17) is 9.47 Å². The molecule has 0 aliphatic carbocycles. The molecular formula is C14H16O4. The third-order valence-corrected chi connectivity index (χ3v) is 2.76. The van der Waals surface area contributed by atoms with Crippen LogP contribution >= 0.6 is 0 Å². The van der Waals surface area contributed by atoms with Crippen LogP contribution in [-0.2, 0) is 4.79 Å². The topological polar surface area (TPSA) is 52.6 Å². The Labute approximate surface area is 106 Å². The highest BCUT2D eigenvalue weighted by Gasteiger charge is 2.21. The second-order valence-corrected chi connectivity index (χ2v) is 4.56. The molecule has 0 fully saturated rings. The van der Waals surface area contributed by atoms with Crippen molar-refractivity contribution in [3.8, 4) is 11.5 Å². The summed E-state index contributed by atoms with van der Waals surface area (Å²) in [6, 6.07) is 4.88. The molecule has 18 heavy (non-hydrogen) atoms. The van der Waals surface area contributed by atoms with Gasteiger partial charge in [-0.2, -0.15) is 0 Å². The number of carbonyl (C=O) groups is 2. The summed E-state index contributed by atoms with van der Waals surface area (Å²) in [5.74, 6) is 0.00886. The van der Waals surface area contributed by atoms with Gasteiger partial charge in [0.15, 0.2) is 11.5 Å². The number of ketones is 2. The smallest absolute Gasteiger partial charge is 0.228 e. The summed E-state index contributed by atoms with van der Waals surface area (Å²) in [5, 5.41) is 0. The number of rotatable bonds is 3. The van der Waals surface area contributed by atoms with Crippen molar-refractivity contribution in [3.05, 3.63) is 23.8 Å². The molecule has 1 aromatic rings. The van der Waals surface area contributed by atoms with Crippen LogP contribution in [0, 0.1) is 5.92 Å². The summed E-state index contributed by atoms with van der Waals surface area (Å²) in [6.07, 6.45) is 0.808. The molecule has 1 aliphatic rings. The maximum atomic E-state index is 11.9. The van der Waals surface area contributed by atoms with Gasteiger partial charge in [0.25, 0.3) is 0 Å². The van der Waals surface area contributed by atoms with Crippen molar-refractivity contribution in [2.45, 2.75) is 20.3 Å². The number of hydrogen-bond acceptors (Lipinski definition) is 4. The fourth-order valence-electron chi connectivity index (χ4n) is 1.71. The Morgan fingerprint density at radius 1 is 1.11 bits per heavy atom. The van der Waals surface area contributed by atoms with E-state index < -0.39 is 5.78 Å². The number of ether oxygens (including phenoxy) is 2. The van der Waals surface area contributed by atoms with Gasteiger partial charge in [-0.1, -0.05) is 13.8 Å². The molecule has 1 aromatic carbocycles. The lowest BCUT2D eigenvalue weighted by Crippen LogP contribution is -2.19. The monoisotopic (exact) mass is 248 g/mol. The molecule has 0 amide bonds. The van der Waals surface area contributed by atoms with Crippen LogP contribution in [0.2, 0.25) is 0 Å². The zero-order valence-corrected chi connectivity index (χ0v) is 10.6. The third kappa shape index (κ3) is 2.53. The average Bonchev–Trinajstić information content (AvgIpc) is 2.60. The predicted molar refractivity (Wildman–Crippen MR) is 66.2 cm³/mol. The van der Waals surface area contributed by atoms with E-state index >= 15 is 0 Å². The van der Waals surface area contributed by atoms with E-state index in [0.29, 0.717) is 30.3 Å². The quantitative estimate of drug-likeness (QED) is 0.608. The first-order valence-corrected chi connectivity index (χ1v) is 6.08. The number of hydrogen-bond donors (Lipinski definition) is 0. The van der Waals surface area contributed by atoms with E-state index in [1.54, 1.807) is 32.0 Å². The SMILES string of the molecule is CC(C)C(=O)C(=O)c1ccc2c(c1)OCCCO2. The first-order chi connectivity index (χ1) is 8.59. The lowest BCUT2D eigenvalue weighted by Gasteiger charge is -2.09. The highest BCUT2D eigenvalue weighted by Crippen LogP contribution is 2.30. The predicted octanol–water partition coefficient (Wildman–Crippen LogP) is 2.26. The molecule has 0 saturated heterocycles. The third-order valence-electron chi connectivity index (χ3n) is 2.76. The number of benzene rings is 1. The summed E-state index contributed by atoms with van der Waals surface area (Å²) in [6.45, 7) is 4.58. The van der Waals surface area contributed by atoms with Gasteiger partial charge in [-0.25, -0.2) is 0 Å². The van der Waals surface area contributed by atoms with Gasteiger partial charge in [0, 0.05) is 17.9 Å². The lowest BCUT2D eigenvalue weighted by molar-refractivity contribution is -0.117. The van der Waals surface area contributed by atoms with Gasteiger partial charge in [-0.15, -0.1) is 0 Å². The van der Waals surface area contributed by atoms with Gasteiger partial charge in [0.2, 0.25) is 11.6 Å². The maximum absolute atomic E-state index is 11.9. The summed E-state index contributed by atoms with van der Waals surface area (Å²) in [7, 11) is 0. The van der Waals surface area contributed by atoms with Crippen LogP contribution in [0.15, 0.2) is 18.2 Å². The molecule has 0 bridgehead atoms. The zero-order valence-electron chi connectivity index (χ0n) is 10.6. The molecule has 0 saturated carbocycles. The Morgan fingerprint density at radius 2 is 1.78 bits per heavy atom. The molecule has 0 spiro atoms. The summed E-state index contributed by atoms with van der Waals surface area (Å²) >= 11 is 0. The molecule has 96 valence electrons. The Kier molecular flexibility index (Phi) is 3.65. The first kappa shape index (κ1) is 12.6. The molecule has 2 rings (SSSR count). The van der Waals surface area contributed by atoms with Crippen molar-refractivity contribution in [3.63, 3.8) is 0 Å². The van der Waals surface area contributed by atoms with Gasteiger partial charge < -0.3 is 9.47 Å². The molecule has 1 aliphatic heterocycles. The molecule has 0 unspecified atom stereocenters. The van der Waals surface area contributed by atoms with Gasteiger partial charge >= 0.3 is 0 Å². The standard InChI is InChI=1S/C14H16O4/c1-9(2)13(15)14(16)10-4-5-11-12(8-10)18-7-3-6-17-11/h4-5,8-9H,3,6-7H2,1-2H3. The van der Waals surface area contributed by atoms with Crippen LogP contribution in [-0.4, -0.2) is 24.8 Å². The molecule has 4 heteroatoms. The maximum Gasteiger partial charge on any atom is 0.228 e. The Hall–Kier alpha value is -1.84. The fraction of sp³-hybridized carbons (Fsp3) is 0.429. The lowest BCUT2D eigenvalue weighted by atomic mass is 9.99. The van der Waals surface area contributed by atoms with E-state index in [1.807, 2.05) is 0 Å². The minimum Gasteiger partial charge on any atom is -0.490 e. The number of Topliss-reactive ketones (excluding diaryl/α,β-unsaturated/α-hetero) is 2. The van der Waals surface area contributed by atoms with E-state index in [-0.39, 0.29) is 11.7 Å². The Bertz CT molecular complexity index is 477. The minimum atomic E-state index is -0.472. The van der Waals surface area contributed by atoms with Gasteiger partial charge in [0.05, 0.1) is 13.2 Å². The summed E-state index contributed by atoms with van der Waals surface area (Å²) < 4.78 is 11.0. The van der Waals surface area contributed by atoms with Crippen LogP contribution in [0.25, 0.3) is 0 Å². The minimum absolute atomic E-state index is 0.298. The van der Waals surface area contributed by atoms with E-state index in [0.717, 1.165) is 6.42 Å². The Balaban J connectivity index is 2.28. The van der Waals surface area contributed by atoms with E-state index in [1.165, 1.54) is 0 Å². The van der Waals surface area contributed by atoms with Gasteiger partial charge in [0.1, 0.15) is 0 Å². The van der Waals surface area contributed by atoms with E-state index in [9.17, 15) is 9.59 Å². The second-order valence-electron chi connectivity index (χ2n) is 4.56. The van der Waals surface area contributed by atoms with Crippen LogP contribution < -0.4 is 9.47 Å². The molecule has 1 heterocycles. The van der Waals surface area contributed by atoms with Crippen molar-refractivity contribution >= 4 is 11.6 Å². The van der Waals surface area contributed by atoms with Crippen LogP contribution in [0.3, 0.4) is 0 Å². The fourth-order valence-corrected chi connectivity index (χ4v) is 1.71. The van der Waals surface area contributed by atoms with Crippen LogP contribution in [0.5, 0.6) is 11.5 Å². The molecule has 0 radical (unpaired) electrons. The molecule has 0 N–H and O–H groups in total.